The first kappa shape index (κ1) is 16.7. The predicted molar refractivity (Wildman–Crippen MR) is 98.6 cm³/mol. The van der Waals surface area contributed by atoms with Crippen molar-refractivity contribution in [2.45, 2.75) is 12.8 Å². The van der Waals surface area contributed by atoms with Gasteiger partial charge < -0.3 is 15.8 Å². The molecule has 3 aromatic rings. The molecule has 7 nitrogen and oxygen atoms in total. The number of hydrogen-bond donors (Lipinski definition) is 2. The molecule has 1 fully saturated rings. The number of aromatic nitrogens is 3. The molecule has 134 valence electrons. The Bertz CT molecular complexity index is 880. The summed E-state index contributed by atoms with van der Waals surface area (Å²) in [5.41, 5.74) is 7.91. The lowest BCUT2D eigenvalue weighted by molar-refractivity contribution is -0.130. The van der Waals surface area contributed by atoms with E-state index in [1.54, 1.807) is 6.20 Å². The summed E-state index contributed by atoms with van der Waals surface area (Å²) in [4.78, 5) is 21.5. The molecule has 0 aliphatic carbocycles. The number of carbonyl (C=O) groups is 1. The molecule has 3 N–H and O–H groups in total. The van der Waals surface area contributed by atoms with Crippen LogP contribution >= 0.6 is 0 Å². The molecule has 1 saturated heterocycles. The van der Waals surface area contributed by atoms with E-state index in [2.05, 4.69) is 15.3 Å². The van der Waals surface area contributed by atoms with Crippen LogP contribution in [0.2, 0.25) is 0 Å². The molecule has 0 radical (unpaired) electrons. The van der Waals surface area contributed by atoms with Crippen molar-refractivity contribution in [3.63, 3.8) is 0 Å². The second-order valence-electron chi connectivity index (χ2n) is 6.58. The van der Waals surface area contributed by atoms with Gasteiger partial charge in [0.05, 0.1) is 11.1 Å². The number of nitrogens with one attached hydrogen (secondary N) is 1. The number of amides is 1. The van der Waals surface area contributed by atoms with E-state index in [4.69, 9.17) is 10.5 Å². The number of benzene rings is 1. The first-order chi connectivity index (χ1) is 12.7. The monoisotopic (exact) mass is 351 g/mol. The number of anilines is 1. The van der Waals surface area contributed by atoms with Crippen LogP contribution in [0, 0.1) is 5.41 Å². The lowest BCUT2D eigenvalue weighted by Crippen LogP contribution is -2.46. The van der Waals surface area contributed by atoms with Crippen molar-refractivity contribution in [1.29, 1.82) is 0 Å². The van der Waals surface area contributed by atoms with Crippen LogP contribution in [0.5, 0.6) is 0 Å². The van der Waals surface area contributed by atoms with Gasteiger partial charge in [-0.3, -0.25) is 9.20 Å². The molecule has 0 unspecified atom stereocenters. The minimum Gasteiger partial charge on any atom is -0.381 e. The van der Waals surface area contributed by atoms with Crippen LogP contribution in [-0.2, 0) is 9.53 Å². The van der Waals surface area contributed by atoms with Crippen LogP contribution < -0.4 is 11.1 Å². The van der Waals surface area contributed by atoms with Crippen LogP contribution in [0.15, 0.2) is 48.9 Å². The zero-order valence-electron chi connectivity index (χ0n) is 14.4. The van der Waals surface area contributed by atoms with E-state index in [1.807, 2.05) is 47.1 Å². The Morgan fingerprint density at radius 1 is 1.27 bits per heavy atom. The number of carbonyl (C=O) groups excluding carboxylic acids is 1. The van der Waals surface area contributed by atoms with Gasteiger partial charge in [0.25, 0.3) is 0 Å². The molecule has 1 aliphatic rings. The number of nitrogens with two attached hydrogens (primary N) is 1. The normalized spacial score (nSPS) is 16.5. The van der Waals surface area contributed by atoms with Gasteiger partial charge in [-0.15, -0.1) is 0 Å². The Labute approximate surface area is 151 Å². The molecule has 1 amide bonds. The number of nitrogens with zero attached hydrogens (tertiary/aromatic N) is 3. The van der Waals surface area contributed by atoms with E-state index < -0.39 is 5.41 Å². The Hall–Kier alpha value is -2.77. The summed E-state index contributed by atoms with van der Waals surface area (Å²) in [5.74, 6) is 0.622. The fourth-order valence-corrected chi connectivity index (χ4v) is 3.24. The number of fused-ring (bicyclic) bond motifs is 1. The van der Waals surface area contributed by atoms with Gasteiger partial charge in [-0.25, -0.2) is 9.97 Å². The topological polar surface area (TPSA) is 94.5 Å². The van der Waals surface area contributed by atoms with Gasteiger partial charge in [-0.05, 0) is 31.0 Å². The zero-order chi connectivity index (χ0) is 18.0. The molecule has 0 saturated carbocycles. The summed E-state index contributed by atoms with van der Waals surface area (Å²) < 4.78 is 7.24. The maximum Gasteiger partial charge on any atom is 0.234 e. The number of hydrogen-bond acceptors (Lipinski definition) is 5. The third-order valence-electron chi connectivity index (χ3n) is 5.00. The predicted octanol–water partition coefficient (Wildman–Crippen LogP) is 2.09. The fourth-order valence-electron chi connectivity index (χ4n) is 3.24. The maximum atomic E-state index is 12.7. The molecule has 26 heavy (non-hydrogen) atoms. The lowest BCUT2D eigenvalue weighted by Gasteiger charge is -2.34. The minimum absolute atomic E-state index is 0.0343. The fraction of sp³-hybridized carbons (Fsp3) is 0.316. The van der Waals surface area contributed by atoms with E-state index >= 15 is 0 Å². The average molecular weight is 351 g/mol. The van der Waals surface area contributed by atoms with E-state index in [0.717, 1.165) is 16.9 Å². The summed E-state index contributed by atoms with van der Waals surface area (Å²) in [6.07, 6.45) is 6.87. The van der Waals surface area contributed by atoms with Gasteiger partial charge >= 0.3 is 0 Å². The van der Waals surface area contributed by atoms with Crippen molar-refractivity contribution in [2.24, 2.45) is 11.1 Å². The second-order valence-corrected chi connectivity index (χ2v) is 6.58. The summed E-state index contributed by atoms with van der Waals surface area (Å²) in [5, 5.41) is 3.00. The highest BCUT2D eigenvalue weighted by Crippen LogP contribution is 2.31. The van der Waals surface area contributed by atoms with E-state index in [1.165, 1.54) is 0 Å². The number of ether oxygens (including phenoxy) is 1. The Kier molecular flexibility index (Phi) is 4.40. The van der Waals surface area contributed by atoms with E-state index in [0.29, 0.717) is 38.4 Å². The van der Waals surface area contributed by atoms with Crippen LogP contribution in [0.3, 0.4) is 0 Å². The van der Waals surface area contributed by atoms with Gasteiger partial charge in [-0.2, -0.15) is 0 Å². The van der Waals surface area contributed by atoms with Crippen molar-refractivity contribution in [3.05, 3.63) is 48.9 Å². The molecular weight excluding hydrogens is 330 g/mol. The maximum absolute atomic E-state index is 12.7. The number of imidazole rings is 1. The van der Waals surface area contributed by atoms with Crippen molar-refractivity contribution >= 4 is 17.4 Å². The van der Waals surface area contributed by atoms with E-state index in [-0.39, 0.29) is 5.91 Å². The Balaban J connectivity index is 1.51. The molecule has 1 aliphatic heterocycles. The molecule has 0 spiro atoms. The molecule has 2 aromatic heterocycles. The second kappa shape index (κ2) is 6.86. The standard InChI is InChI=1S/C19H21N5O2/c20-13-19(6-10-26-11-7-19)17(25)22-15-4-2-14(3-5-15)16-12-24-9-1-8-21-18(24)23-16/h1-5,8-9,12H,6-7,10-11,13,20H2,(H,22,25). The SMILES string of the molecule is NCC1(C(=O)Nc2ccc(-c3cn4cccnc4n3)cc2)CCOCC1. The summed E-state index contributed by atoms with van der Waals surface area (Å²) >= 11 is 0. The van der Waals surface area contributed by atoms with Crippen LogP contribution in [0.25, 0.3) is 17.0 Å². The van der Waals surface area contributed by atoms with Crippen LogP contribution in [0.1, 0.15) is 12.8 Å². The van der Waals surface area contributed by atoms with Crippen molar-refractivity contribution in [3.8, 4) is 11.3 Å². The van der Waals surface area contributed by atoms with Gasteiger partial charge in [0.15, 0.2) is 0 Å². The molecule has 3 heterocycles. The molecular formula is C19H21N5O2. The first-order valence-electron chi connectivity index (χ1n) is 8.70. The highest BCUT2D eigenvalue weighted by molar-refractivity contribution is 5.95. The quantitative estimate of drug-likeness (QED) is 0.750. The average Bonchev–Trinajstić information content (AvgIpc) is 3.13. The van der Waals surface area contributed by atoms with Gasteiger partial charge in [0, 0.05) is 49.6 Å². The third-order valence-corrected chi connectivity index (χ3v) is 5.00. The highest BCUT2D eigenvalue weighted by Gasteiger charge is 2.38. The van der Waals surface area contributed by atoms with Crippen molar-refractivity contribution in [1.82, 2.24) is 14.4 Å². The summed E-state index contributed by atoms with van der Waals surface area (Å²) in [6, 6.07) is 9.51. The largest absolute Gasteiger partial charge is 0.381 e. The molecule has 1 aromatic carbocycles. The summed E-state index contributed by atoms with van der Waals surface area (Å²) in [7, 11) is 0. The van der Waals surface area contributed by atoms with Crippen molar-refractivity contribution in [2.75, 3.05) is 25.1 Å². The van der Waals surface area contributed by atoms with Crippen LogP contribution in [-0.4, -0.2) is 40.0 Å². The molecule has 0 atom stereocenters. The Morgan fingerprint density at radius 3 is 2.73 bits per heavy atom. The van der Waals surface area contributed by atoms with E-state index in [9.17, 15) is 4.79 Å². The van der Waals surface area contributed by atoms with Gasteiger partial charge in [0.2, 0.25) is 11.7 Å². The smallest absolute Gasteiger partial charge is 0.234 e. The third kappa shape index (κ3) is 3.07. The van der Waals surface area contributed by atoms with Gasteiger partial charge in [-0.1, -0.05) is 12.1 Å². The minimum atomic E-state index is -0.538. The molecule has 4 rings (SSSR count). The van der Waals surface area contributed by atoms with Crippen molar-refractivity contribution < 1.29 is 9.53 Å². The summed E-state index contributed by atoms with van der Waals surface area (Å²) in [6.45, 7) is 1.48. The Morgan fingerprint density at radius 2 is 2.04 bits per heavy atom. The van der Waals surface area contributed by atoms with Crippen LogP contribution in [0.4, 0.5) is 5.69 Å². The molecule has 0 bridgehead atoms. The molecule has 7 heteroatoms. The van der Waals surface area contributed by atoms with Gasteiger partial charge in [0.1, 0.15) is 0 Å². The first-order valence-corrected chi connectivity index (χ1v) is 8.70. The lowest BCUT2D eigenvalue weighted by atomic mass is 9.79. The highest BCUT2D eigenvalue weighted by atomic mass is 16.5. The number of rotatable bonds is 4. The zero-order valence-corrected chi connectivity index (χ0v) is 14.4.